The fraction of sp³-hybridized carbons (Fsp3) is 0.783. The van der Waals surface area contributed by atoms with Crippen LogP contribution in [0.1, 0.15) is 149 Å². The Labute approximate surface area is 495 Å². The number of amides is 11. The average Bonchev–Trinajstić information content (AvgIpc) is 3.62. The molecule has 1 fully saturated rings. The minimum Gasteiger partial charge on any atom is -0.390 e. The predicted octanol–water partition coefficient (Wildman–Crippen LogP) is 2.54. The standard InChI is InChI=1S/C60H107N11O12/c1-23-25-26-39(15)51(74)50-55(78)63-41(24-2)52(75)61-31-47(73)66(17)32-46(72)65-48(37(11)12)59(82)67(18)43(28-34(5)6)54(77)64-42(27-33(3)4)53(76)62-40(16)56(79)68(19)44(29-35(7)8)57(80)69(20)45(30-36(9)10)58(81)70(21)49(38(13)14)60(83)71(50)22/h23,25,33-45,48-51,74H,24,26-32H2,1-22H3,(H,61,75)(H,62,76)(H,63,78)(H,64,77)(H,65,72)/b25-23+/t39-,40-,41+,42+,43+,44+,45-,48+,49+,50+,51-/m1/s1. The molecule has 23 nitrogen and oxygen atoms in total. The topological polar surface area (TPSA) is 288 Å². The number of hydrogen-bond donors (Lipinski definition) is 6. The van der Waals surface area contributed by atoms with Gasteiger partial charge in [-0.1, -0.05) is 109 Å². The van der Waals surface area contributed by atoms with Crippen molar-refractivity contribution in [3.05, 3.63) is 12.2 Å². The van der Waals surface area contributed by atoms with Gasteiger partial charge >= 0.3 is 0 Å². The SMILES string of the molecule is C/C=C/C[C@@H](C)[C@@H](O)[C@H]1C(=O)N[C@@H](CC)C(=O)NCC(=O)N(C)CC(=O)N[C@@H](C(C)C)C(=O)N(C)[C@@H](CC(C)C)C(=O)N[C@@H](CC(C)C)C(=O)N[C@H](C)C(=O)N(C)[C@@H](CC(C)C)C(=O)N(C)[C@H](CC(C)C)C(=O)N(C)[C@@H](C(C)C)C(=O)N1C. The number of likely N-dealkylation sites (N-methyl/N-ethyl adjacent to an activating group) is 6. The van der Waals surface area contributed by atoms with Gasteiger partial charge in [0.1, 0.15) is 54.4 Å². The number of aliphatic hydroxyl groups excluding tert-OH is 1. The number of nitrogens with one attached hydrogen (secondary N) is 5. The highest BCUT2D eigenvalue weighted by molar-refractivity contribution is 5.99. The zero-order valence-electron chi connectivity index (χ0n) is 54.2. The first-order valence-electron chi connectivity index (χ1n) is 29.7. The highest BCUT2D eigenvalue weighted by Crippen LogP contribution is 2.25. The van der Waals surface area contributed by atoms with Gasteiger partial charge < -0.3 is 61.1 Å². The van der Waals surface area contributed by atoms with E-state index in [1.165, 1.54) is 68.8 Å². The molecule has 474 valence electrons. The Morgan fingerprint density at radius 3 is 1.43 bits per heavy atom. The number of aliphatic hydroxyl groups is 1. The van der Waals surface area contributed by atoms with Crippen LogP contribution in [0.5, 0.6) is 0 Å². The Balaban J connectivity index is 4.23. The second-order valence-electron chi connectivity index (χ2n) is 25.2. The Bertz CT molecular complexity index is 2250. The van der Waals surface area contributed by atoms with Gasteiger partial charge in [-0.2, -0.15) is 0 Å². The van der Waals surface area contributed by atoms with E-state index in [-0.39, 0.29) is 55.8 Å². The quantitative estimate of drug-likeness (QED) is 0.129. The highest BCUT2D eigenvalue weighted by Gasteiger charge is 2.45. The second-order valence-corrected chi connectivity index (χ2v) is 25.2. The Morgan fingerprint density at radius 2 is 0.964 bits per heavy atom. The van der Waals surface area contributed by atoms with Crippen LogP contribution >= 0.6 is 0 Å². The molecule has 11 atom stereocenters. The maximum Gasteiger partial charge on any atom is 0.246 e. The minimum atomic E-state index is -1.60. The number of nitrogens with zero attached hydrogens (tertiary/aromatic N) is 6. The zero-order chi connectivity index (χ0) is 64.2. The molecule has 23 heteroatoms. The monoisotopic (exact) mass is 1170 g/mol. The van der Waals surface area contributed by atoms with Gasteiger partial charge in [0.05, 0.1) is 19.2 Å². The first kappa shape index (κ1) is 74.9. The van der Waals surface area contributed by atoms with Crippen LogP contribution in [-0.4, -0.2) is 215 Å². The third kappa shape index (κ3) is 22.1. The third-order valence-electron chi connectivity index (χ3n) is 15.3. The van der Waals surface area contributed by atoms with Gasteiger partial charge in [-0.3, -0.25) is 52.7 Å². The molecule has 11 amide bonds. The Hall–Kier alpha value is -6.13. The van der Waals surface area contributed by atoms with Crippen molar-refractivity contribution in [3.8, 4) is 0 Å². The van der Waals surface area contributed by atoms with Crippen molar-refractivity contribution in [1.82, 2.24) is 56.0 Å². The van der Waals surface area contributed by atoms with Gasteiger partial charge in [-0.05, 0) is 93.8 Å². The lowest BCUT2D eigenvalue weighted by Crippen LogP contribution is -2.63. The van der Waals surface area contributed by atoms with Gasteiger partial charge in [0.15, 0.2) is 0 Å². The van der Waals surface area contributed by atoms with Crippen LogP contribution < -0.4 is 26.6 Å². The molecular weight excluding hydrogens is 1070 g/mol. The summed E-state index contributed by atoms with van der Waals surface area (Å²) in [5, 5.41) is 25.5. The molecule has 0 spiro atoms. The van der Waals surface area contributed by atoms with Crippen molar-refractivity contribution in [2.45, 2.75) is 210 Å². The molecule has 0 bridgehead atoms. The summed E-state index contributed by atoms with van der Waals surface area (Å²) >= 11 is 0. The maximum atomic E-state index is 15.1. The Kier molecular flexibility index (Phi) is 31.2. The maximum absolute atomic E-state index is 15.1. The van der Waals surface area contributed by atoms with Gasteiger partial charge in [0.25, 0.3) is 0 Å². The van der Waals surface area contributed by atoms with Gasteiger partial charge in [0.2, 0.25) is 65.0 Å². The van der Waals surface area contributed by atoms with Gasteiger partial charge in [-0.25, -0.2) is 0 Å². The van der Waals surface area contributed by atoms with Crippen LogP contribution in [0.2, 0.25) is 0 Å². The summed E-state index contributed by atoms with van der Waals surface area (Å²) in [6.07, 6.45) is 3.02. The normalized spacial score (nSPS) is 26.2. The first-order chi connectivity index (χ1) is 38.4. The lowest BCUT2D eigenvalue weighted by molar-refractivity contribution is -0.157. The molecule has 0 saturated carbocycles. The van der Waals surface area contributed by atoms with Gasteiger partial charge in [0, 0.05) is 42.3 Å². The van der Waals surface area contributed by atoms with E-state index in [0.29, 0.717) is 6.42 Å². The Morgan fingerprint density at radius 1 is 0.506 bits per heavy atom. The van der Waals surface area contributed by atoms with E-state index in [0.717, 1.165) is 9.80 Å². The molecule has 1 saturated heterocycles. The third-order valence-corrected chi connectivity index (χ3v) is 15.3. The van der Waals surface area contributed by atoms with Gasteiger partial charge in [-0.15, -0.1) is 0 Å². The van der Waals surface area contributed by atoms with Crippen molar-refractivity contribution in [2.24, 2.45) is 41.4 Å². The number of carbonyl (C=O) groups is 11. The summed E-state index contributed by atoms with van der Waals surface area (Å²) < 4.78 is 0. The summed E-state index contributed by atoms with van der Waals surface area (Å²) in [5.74, 6) is -9.83. The number of hydrogen-bond acceptors (Lipinski definition) is 12. The summed E-state index contributed by atoms with van der Waals surface area (Å²) in [6, 6.07) is -11.1. The van der Waals surface area contributed by atoms with Crippen LogP contribution in [0.3, 0.4) is 0 Å². The van der Waals surface area contributed by atoms with Crippen LogP contribution in [0.15, 0.2) is 12.2 Å². The lowest BCUT2D eigenvalue weighted by Gasteiger charge is -2.41. The molecule has 1 aliphatic rings. The summed E-state index contributed by atoms with van der Waals surface area (Å²) in [4.78, 5) is 165. The molecule has 1 aliphatic heterocycles. The van der Waals surface area contributed by atoms with Crippen molar-refractivity contribution in [3.63, 3.8) is 0 Å². The molecule has 6 N–H and O–H groups in total. The molecular formula is C60H107N11O12. The van der Waals surface area contributed by atoms with E-state index in [1.807, 2.05) is 55.4 Å². The highest BCUT2D eigenvalue weighted by atomic mass is 16.3. The van der Waals surface area contributed by atoms with Crippen molar-refractivity contribution in [1.29, 1.82) is 0 Å². The fourth-order valence-corrected chi connectivity index (χ4v) is 10.2. The summed E-state index contributed by atoms with van der Waals surface area (Å²) in [5.41, 5.74) is 0. The number of carbonyl (C=O) groups excluding carboxylic acids is 11. The van der Waals surface area contributed by atoms with Crippen LogP contribution in [0.25, 0.3) is 0 Å². The van der Waals surface area contributed by atoms with E-state index in [9.17, 15) is 48.3 Å². The summed E-state index contributed by atoms with van der Waals surface area (Å²) in [7, 11) is 8.45. The fourth-order valence-electron chi connectivity index (χ4n) is 10.2. The average molecular weight is 1170 g/mol. The van der Waals surface area contributed by atoms with E-state index >= 15 is 9.59 Å². The van der Waals surface area contributed by atoms with Crippen molar-refractivity contribution < 1.29 is 57.8 Å². The van der Waals surface area contributed by atoms with E-state index in [1.54, 1.807) is 60.6 Å². The molecule has 0 unspecified atom stereocenters. The summed E-state index contributed by atoms with van der Waals surface area (Å²) in [6.45, 7) is 27.2. The molecule has 0 aliphatic carbocycles. The smallest absolute Gasteiger partial charge is 0.246 e. The zero-order valence-corrected chi connectivity index (χ0v) is 54.2. The largest absolute Gasteiger partial charge is 0.390 e. The second kappa shape index (κ2) is 34.6. The van der Waals surface area contributed by atoms with Crippen molar-refractivity contribution >= 4 is 65.0 Å². The molecule has 1 heterocycles. The lowest BCUT2D eigenvalue weighted by atomic mass is 9.91. The van der Waals surface area contributed by atoms with Crippen LogP contribution in [0.4, 0.5) is 0 Å². The molecule has 83 heavy (non-hydrogen) atoms. The van der Waals surface area contributed by atoms with E-state index < -0.39 is 156 Å². The predicted molar refractivity (Wildman–Crippen MR) is 319 cm³/mol. The number of allylic oxidation sites excluding steroid dienone is 2. The van der Waals surface area contributed by atoms with Crippen LogP contribution in [0, 0.1) is 41.4 Å². The molecule has 0 aromatic heterocycles. The van der Waals surface area contributed by atoms with Crippen LogP contribution in [-0.2, 0) is 52.7 Å². The molecule has 0 aromatic carbocycles. The minimum absolute atomic E-state index is 0.0151. The first-order valence-corrected chi connectivity index (χ1v) is 29.7. The molecule has 0 aromatic rings. The molecule has 1 rings (SSSR count). The molecule has 0 radical (unpaired) electrons. The van der Waals surface area contributed by atoms with Crippen molar-refractivity contribution in [2.75, 3.05) is 55.4 Å². The van der Waals surface area contributed by atoms with E-state index in [4.69, 9.17) is 0 Å². The van der Waals surface area contributed by atoms with E-state index in [2.05, 4.69) is 26.6 Å². The number of rotatable bonds is 15.